The Balaban J connectivity index is 2.18. The zero-order valence-electron chi connectivity index (χ0n) is 13.8. The molecule has 0 amide bonds. The fraction of sp³-hybridized carbons (Fsp3) is 0.368. The molecule has 2 N–H and O–H groups in total. The number of nitrogens with one attached hydrogen (secondary N) is 1. The summed E-state index contributed by atoms with van der Waals surface area (Å²) in [6.45, 7) is 1.64. The Morgan fingerprint density at radius 1 is 0.826 bits per heavy atom. The molecule has 0 saturated heterocycles. The lowest BCUT2D eigenvalue weighted by molar-refractivity contribution is 0.292. The number of hydrogen-bond acceptors (Lipinski definition) is 4. The number of methoxy groups -OCH3 is 2. The van der Waals surface area contributed by atoms with E-state index < -0.39 is 0 Å². The van der Waals surface area contributed by atoms with Crippen LogP contribution < -0.4 is 14.8 Å². The van der Waals surface area contributed by atoms with Crippen molar-refractivity contribution >= 4 is 0 Å². The second-order valence-corrected chi connectivity index (χ2v) is 5.36. The monoisotopic (exact) mass is 315 g/mol. The largest absolute Gasteiger partial charge is 0.497 e. The highest BCUT2D eigenvalue weighted by atomic mass is 16.5. The van der Waals surface area contributed by atoms with E-state index in [1.807, 2.05) is 24.3 Å². The Hall–Kier alpha value is -2.04. The van der Waals surface area contributed by atoms with E-state index in [4.69, 9.17) is 14.6 Å². The molecule has 0 atom stereocenters. The minimum Gasteiger partial charge on any atom is -0.497 e. The van der Waals surface area contributed by atoms with Crippen LogP contribution in [0.3, 0.4) is 0 Å². The van der Waals surface area contributed by atoms with E-state index in [1.165, 1.54) is 11.1 Å². The number of rotatable bonds is 9. The fourth-order valence-electron chi connectivity index (χ4n) is 2.65. The molecule has 4 nitrogen and oxygen atoms in total. The first-order valence-corrected chi connectivity index (χ1v) is 7.88. The number of aliphatic hydroxyl groups excluding tert-OH is 1. The van der Waals surface area contributed by atoms with Gasteiger partial charge in [-0.25, -0.2) is 0 Å². The molecule has 0 aromatic heterocycles. The van der Waals surface area contributed by atoms with Crippen LogP contribution in [0.1, 0.15) is 23.5 Å². The molecule has 2 aromatic carbocycles. The predicted octanol–water partition coefficient (Wildman–Crippen LogP) is 2.81. The molecule has 2 rings (SSSR count). The molecule has 0 aliphatic rings. The molecule has 0 aliphatic carbocycles. The van der Waals surface area contributed by atoms with E-state index in [2.05, 4.69) is 29.6 Å². The Labute approximate surface area is 138 Å². The van der Waals surface area contributed by atoms with E-state index in [0.717, 1.165) is 24.5 Å². The molecule has 2 aromatic rings. The van der Waals surface area contributed by atoms with E-state index in [1.54, 1.807) is 14.2 Å². The summed E-state index contributed by atoms with van der Waals surface area (Å²) in [6, 6.07) is 16.4. The van der Waals surface area contributed by atoms with Gasteiger partial charge in [-0.05, 0) is 48.4 Å². The standard InChI is InChI=1S/C19H25NO3/c1-22-17-7-3-15(4-8-17)19(11-12-20-13-14-21)16-5-9-18(23-2)10-6-16/h3-10,19-21H,11-14H2,1-2H3. The van der Waals surface area contributed by atoms with Crippen molar-refractivity contribution < 1.29 is 14.6 Å². The molecular weight excluding hydrogens is 290 g/mol. The van der Waals surface area contributed by atoms with E-state index >= 15 is 0 Å². The number of aliphatic hydroxyl groups is 1. The Morgan fingerprint density at radius 3 is 1.70 bits per heavy atom. The highest BCUT2D eigenvalue weighted by molar-refractivity contribution is 5.38. The van der Waals surface area contributed by atoms with Crippen molar-refractivity contribution in [2.45, 2.75) is 12.3 Å². The first-order chi connectivity index (χ1) is 11.3. The zero-order chi connectivity index (χ0) is 16.5. The van der Waals surface area contributed by atoms with Crippen LogP contribution in [0.15, 0.2) is 48.5 Å². The summed E-state index contributed by atoms with van der Waals surface area (Å²) in [4.78, 5) is 0. The molecule has 23 heavy (non-hydrogen) atoms. The third kappa shape index (κ3) is 4.98. The van der Waals surface area contributed by atoms with Crippen LogP contribution in [-0.4, -0.2) is 39.0 Å². The SMILES string of the molecule is COc1ccc(C(CCNCCO)c2ccc(OC)cc2)cc1. The lowest BCUT2D eigenvalue weighted by Gasteiger charge is -2.19. The van der Waals surface area contributed by atoms with E-state index in [9.17, 15) is 0 Å². The van der Waals surface area contributed by atoms with Gasteiger partial charge >= 0.3 is 0 Å². The smallest absolute Gasteiger partial charge is 0.118 e. The van der Waals surface area contributed by atoms with Gasteiger partial charge in [0.1, 0.15) is 11.5 Å². The maximum absolute atomic E-state index is 8.89. The minimum atomic E-state index is 0.162. The molecule has 4 heteroatoms. The third-order valence-corrected chi connectivity index (χ3v) is 3.93. The average molecular weight is 315 g/mol. The first kappa shape index (κ1) is 17.3. The number of hydrogen-bond donors (Lipinski definition) is 2. The van der Waals surface area contributed by atoms with E-state index in [0.29, 0.717) is 6.54 Å². The quantitative estimate of drug-likeness (QED) is 0.699. The van der Waals surface area contributed by atoms with Gasteiger partial charge in [-0.1, -0.05) is 24.3 Å². The molecule has 0 bridgehead atoms. The van der Waals surface area contributed by atoms with Gasteiger partial charge in [0.2, 0.25) is 0 Å². The second-order valence-electron chi connectivity index (χ2n) is 5.36. The summed E-state index contributed by atoms with van der Waals surface area (Å²) >= 11 is 0. The maximum atomic E-state index is 8.89. The molecule has 0 unspecified atom stereocenters. The van der Waals surface area contributed by atoms with Gasteiger partial charge in [0.25, 0.3) is 0 Å². The number of benzene rings is 2. The summed E-state index contributed by atoms with van der Waals surface area (Å²) in [6.07, 6.45) is 0.957. The minimum absolute atomic E-state index is 0.162. The van der Waals surface area contributed by atoms with Gasteiger partial charge in [-0.3, -0.25) is 0 Å². The van der Waals surface area contributed by atoms with Gasteiger partial charge in [0, 0.05) is 12.5 Å². The van der Waals surface area contributed by atoms with Crippen molar-refractivity contribution in [3.8, 4) is 11.5 Å². The normalized spacial score (nSPS) is 10.8. The third-order valence-electron chi connectivity index (χ3n) is 3.93. The second kappa shape index (κ2) is 9.18. The fourth-order valence-corrected chi connectivity index (χ4v) is 2.65. The topological polar surface area (TPSA) is 50.7 Å². The average Bonchev–Trinajstić information content (AvgIpc) is 2.62. The molecule has 124 valence electrons. The van der Waals surface area contributed by atoms with E-state index in [-0.39, 0.29) is 12.5 Å². The summed E-state index contributed by atoms with van der Waals surface area (Å²) < 4.78 is 10.5. The molecule has 0 radical (unpaired) electrons. The molecule has 0 saturated carbocycles. The van der Waals surface area contributed by atoms with Crippen molar-refractivity contribution in [1.29, 1.82) is 0 Å². The highest BCUT2D eigenvalue weighted by Gasteiger charge is 2.14. The van der Waals surface area contributed by atoms with Crippen LogP contribution in [0.2, 0.25) is 0 Å². The predicted molar refractivity (Wildman–Crippen MR) is 92.4 cm³/mol. The van der Waals surface area contributed by atoms with Crippen molar-refractivity contribution in [3.63, 3.8) is 0 Å². The van der Waals surface area contributed by atoms with Gasteiger partial charge in [-0.15, -0.1) is 0 Å². The Kier molecular flexibility index (Phi) is 6.91. The van der Waals surface area contributed by atoms with Gasteiger partial charge in [0.15, 0.2) is 0 Å². The van der Waals surface area contributed by atoms with Crippen LogP contribution in [0.25, 0.3) is 0 Å². The molecule has 0 aliphatic heterocycles. The van der Waals surface area contributed by atoms with Gasteiger partial charge in [-0.2, -0.15) is 0 Å². The van der Waals surface area contributed by atoms with Crippen molar-refractivity contribution in [1.82, 2.24) is 5.32 Å². The van der Waals surface area contributed by atoms with Crippen molar-refractivity contribution in [2.75, 3.05) is 33.9 Å². The lowest BCUT2D eigenvalue weighted by Crippen LogP contribution is -2.21. The summed E-state index contributed by atoms with van der Waals surface area (Å²) in [5, 5.41) is 12.1. The van der Waals surface area contributed by atoms with Crippen LogP contribution in [0.5, 0.6) is 11.5 Å². The molecule has 0 fully saturated rings. The van der Waals surface area contributed by atoms with Gasteiger partial charge < -0.3 is 19.9 Å². The van der Waals surface area contributed by atoms with Gasteiger partial charge in [0.05, 0.1) is 20.8 Å². The van der Waals surface area contributed by atoms with Crippen LogP contribution >= 0.6 is 0 Å². The Morgan fingerprint density at radius 2 is 1.30 bits per heavy atom. The van der Waals surface area contributed by atoms with Crippen LogP contribution in [0, 0.1) is 0 Å². The summed E-state index contributed by atoms with van der Waals surface area (Å²) in [5.41, 5.74) is 2.50. The van der Waals surface area contributed by atoms with Crippen molar-refractivity contribution in [3.05, 3.63) is 59.7 Å². The number of ether oxygens (including phenoxy) is 2. The van der Waals surface area contributed by atoms with Crippen LogP contribution in [0.4, 0.5) is 0 Å². The molecule has 0 spiro atoms. The first-order valence-electron chi connectivity index (χ1n) is 7.88. The highest BCUT2D eigenvalue weighted by Crippen LogP contribution is 2.30. The summed E-state index contributed by atoms with van der Waals surface area (Å²) in [5.74, 6) is 2.01. The van der Waals surface area contributed by atoms with Crippen molar-refractivity contribution in [2.24, 2.45) is 0 Å². The maximum Gasteiger partial charge on any atom is 0.118 e. The lowest BCUT2D eigenvalue weighted by atomic mass is 9.88. The molecule has 0 heterocycles. The molecular formula is C19H25NO3. The summed E-state index contributed by atoms with van der Waals surface area (Å²) in [7, 11) is 3.35. The zero-order valence-corrected chi connectivity index (χ0v) is 13.8. The Bertz CT molecular complexity index is 519. The van der Waals surface area contributed by atoms with Crippen LogP contribution in [-0.2, 0) is 0 Å².